The van der Waals surface area contributed by atoms with E-state index >= 15 is 0 Å². The lowest BCUT2D eigenvalue weighted by Crippen LogP contribution is -2.47. The molecule has 1 unspecified atom stereocenters. The van der Waals surface area contributed by atoms with Crippen LogP contribution in [0.3, 0.4) is 0 Å². The van der Waals surface area contributed by atoms with Gasteiger partial charge in [-0.2, -0.15) is 0 Å². The number of nitrogens with one attached hydrogen (secondary N) is 1. The first kappa shape index (κ1) is 15.0. The molecule has 1 saturated heterocycles. The quantitative estimate of drug-likeness (QED) is 0.882. The topological polar surface area (TPSA) is 69.6 Å². The highest BCUT2D eigenvalue weighted by Gasteiger charge is 2.29. The number of piperidine rings is 1. The summed E-state index contributed by atoms with van der Waals surface area (Å²) >= 11 is 3.36. The van der Waals surface area contributed by atoms with Crippen LogP contribution < -0.4 is 5.32 Å². The summed E-state index contributed by atoms with van der Waals surface area (Å²) in [6, 6.07) is 6.80. The third kappa shape index (κ3) is 3.80. The van der Waals surface area contributed by atoms with Gasteiger partial charge in [0.2, 0.25) is 5.91 Å². The monoisotopic (exact) mass is 340 g/mol. The molecule has 0 aromatic heterocycles. The average molecular weight is 341 g/mol. The van der Waals surface area contributed by atoms with Gasteiger partial charge in [-0.3, -0.25) is 14.5 Å². The number of carbonyl (C=O) groups is 2. The normalized spacial score (nSPS) is 19.6. The Kier molecular flexibility index (Phi) is 5.14. The summed E-state index contributed by atoms with van der Waals surface area (Å²) in [4.78, 5) is 24.9. The first-order valence-electron chi connectivity index (χ1n) is 6.59. The predicted molar refractivity (Wildman–Crippen MR) is 79.6 cm³/mol. The second kappa shape index (κ2) is 6.85. The highest BCUT2D eigenvalue weighted by atomic mass is 79.9. The van der Waals surface area contributed by atoms with Crippen molar-refractivity contribution < 1.29 is 14.7 Å². The van der Waals surface area contributed by atoms with E-state index in [9.17, 15) is 14.7 Å². The molecule has 0 radical (unpaired) electrons. The molecule has 1 amide bonds. The van der Waals surface area contributed by atoms with Crippen LogP contribution in [0.1, 0.15) is 19.3 Å². The molecule has 1 aliphatic heterocycles. The smallest absolute Gasteiger partial charge is 0.320 e. The van der Waals surface area contributed by atoms with E-state index < -0.39 is 12.0 Å². The second-order valence-corrected chi connectivity index (χ2v) is 5.70. The lowest BCUT2D eigenvalue weighted by Gasteiger charge is -2.32. The summed E-state index contributed by atoms with van der Waals surface area (Å²) in [6.45, 7) is 0.763. The summed E-state index contributed by atoms with van der Waals surface area (Å²) in [5.74, 6) is -1.04. The molecule has 2 N–H and O–H groups in total. The zero-order valence-electron chi connectivity index (χ0n) is 11.0. The number of benzene rings is 1. The van der Waals surface area contributed by atoms with E-state index in [1.54, 1.807) is 11.0 Å². The lowest BCUT2D eigenvalue weighted by atomic mass is 10.0. The minimum atomic E-state index is -0.849. The molecular weight excluding hydrogens is 324 g/mol. The van der Waals surface area contributed by atoms with E-state index in [1.165, 1.54) is 0 Å². The molecular formula is C14H17BrN2O3. The van der Waals surface area contributed by atoms with Crippen LogP contribution in [0.5, 0.6) is 0 Å². The Hall–Kier alpha value is -1.40. The van der Waals surface area contributed by atoms with Gasteiger partial charge in [0.15, 0.2) is 0 Å². The van der Waals surface area contributed by atoms with Crippen molar-refractivity contribution in [3.05, 3.63) is 28.7 Å². The van der Waals surface area contributed by atoms with Gasteiger partial charge in [-0.15, -0.1) is 0 Å². The molecule has 1 fully saturated rings. The minimum Gasteiger partial charge on any atom is -0.480 e. The number of carboxylic acid groups (broad SMARTS) is 1. The minimum absolute atomic E-state index is 0.109. The number of carboxylic acids is 1. The Labute approximate surface area is 126 Å². The summed E-state index contributed by atoms with van der Waals surface area (Å²) < 4.78 is 0.807. The molecule has 20 heavy (non-hydrogen) atoms. The van der Waals surface area contributed by atoms with Crippen molar-refractivity contribution in [2.24, 2.45) is 0 Å². The number of likely N-dealkylation sites (tertiary alicyclic amines) is 1. The molecule has 5 nitrogen and oxygen atoms in total. The fraction of sp³-hybridized carbons (Fsp3) is 0.429. The van der Waals surface area contributed by atoms with Crippen LogP contribution in [0.25, 0.3) is 0 Å². The van der Waals surface area contributed by atoms with Crippen LogP contribution in [0.15, 0.2) is 28.7 Å². The summed E-state index contributed by atoms with van der Waals surface area (Å²) in [5, 5.41) is 12.0. The molecule has 108 valence electrons. The number of halogens is 1. The van der Waals surface area contributed by atoms with Gasteiger partial charge < -0.3 is 10.4 Å². The molecule has 0 aliphatic carbocycles. The number of carbonyl (C=O) groups excluding carboxylic acids is 1. The standard InChI is InChI=1S/C14H17BrN2O3/c15-10-5-1-2-6-11(10)16-13(18)9-17-8-4-3-7-12(17)14(19)20/h1-2,5-6,12H,3-4,7-9H2,(H,16,18)(H,19,20). The Morgan fingerprint density at radius 3 is 2.80 bits per heavy atom. The highest BCUT2D eigenvalue weighted by Crippen LogP contribution is 2.22. The van der Waals surface area contributed by atoms with Gasteiger partial charge >= 0.3 is 5.97 Å². The van der Waals surface area contributed by atoms with Crippen molar-refractivity contribution in [3.63, 3.8) is 0 Å². The van der Waals surface area contributed by atoms with Crippen LogP contribution in [-0.2, 0) is 9.59 Å². The van der Waals surface area contributed by atoms with Crippen LogP contribution in [0.2, 0.25) is 0 Å². The van der Waals surface area contributed by atoms with Crippen molar-refractivity contribution >= 4 is 33.5 Å². The van der Waals surface area contributed by atoms with Crippen molar-refractivity contribution in [2.75, 3.05) is 18.4 Å². The summed E-state index contributed by atoms with van der Waals surface area (Å²) in [7, 11) is 0. The Balaban J connectivity index is 1.96. The molecule has 0 saturated carbocycles. The van der Waals surface area contributed by atoms with E-state index in [1.807, 2.05) is 18.2 Å². The SMILES string of the molecule is O=C(CN1CCCCC1C(=O)O)Nc1ccccc1Br. The predicted octanol–water partition coefficient (Wildman–Crippen LogP) is 2.33. The Morgan fingerprint density at radius 1 is 1.35 bits per heavy atom. The largest absolute Gasteiger partial charge is 0.480 e. The van der Waals surface area contributed by atoms with Gasteiger partial charge in [-0.05, 0) is 47.4 Å². The molecule has 1 atom stereocenters. The molecule has 0 bridgehead atoms. The maximum atomic E-state index is 12.0. The van der Waals surface area contributed by atoms with Crippen LogP contribution in [0, 0.1) is 0 Å². The van der Waals surface area contributed by atoms with E-state index in [0.717, 1.165) is 17.3 Å². The molecule has 1 aromatic carbocycles. The van der Waals surface area contributed by atoms with Gasteiger partial charge in [0.25, 0.3) is 0 Å². The van der Waals surface area contributed by atoms with Gasteiger partial charge in [0.05, 0.1) is 12.2 Å². The third-order valence-electron chi connectivity index (χ3n) is 3.39. The molecule has 1 heterocycles. The van der Waals surface area contributed by atoms with E-state index in [4.69, 9.17) is 0 Å². The molecule has 2 rings (SSSR count). The summed E-state index contributed by atoms with van der Waals surface area (Å²) in [6.07, 6.45) is 2.45. The van der Waals surface area contributed by atoms with Crippen molar-refractivity contribution in [1.82, 2.24) is 4.90 Å². The second-order valence-electron chi connectivity index (χ2n) is 4.85. The zero-order valence-corrected chi connectivity index (χ0v) is 12.6. The first-order valence-corrected chi connectivity index (χ1v) is 7.38. The summed E-state index contributed by atoms with van der Waals surface area (Å²) in [5.41, 5.74) is 0.696. The first-order chi connectivity index (χ1) is 9.58. The van der Waals surface area contributed by atoms with Gasteiger partial charge in [0.1, 0.15) is 6.04 Å². The van der Waals surface area contributed by atoms with Crippen LogP contribution in [-0.4, -0.2) is 41.0 Å². The van der Waals surface area contributed by atoms with Crippen molar-refractivity contribution in [3.8, 4) is 0 Å². The molecule has 1 aromatic rings. The number of aliphatic carboxylic acids is 1. The number of rotatable bonds is 4. The van der Waals surface area contributed by atoms with Gasteiger partial charge in [-0.1, -0.05) is 18.6 Å². The van der Waals surface area contributed by atoms with E-state index in [-0.39, 0.29) is 12.5 Å². The van der Waals surface area contributed by atoms with E-state index in [2.05, 4.69) is 21.2 Å². The third-order valence-corrected chi connectivity index (χ3v) is 4.08. The number of hydrogen-bond acceptors (Lipinski definition) is 3. The van der Waals surface area contributed by atoms with Crippen LogP contribution in [0.4, 0.5) is 5.69 Å². The average Bonchev–Trinajstić information content (AvgIpc) is 2.41. The van der Waals surface area contributed by atoms with Gasteiger partial charge in [-0.25, -0.2) is 0 Å². The van der Waals surface area contributed by atoms with Gasteiger partial charge in [0, 0.05) is 4.47 Å². The van der Waals surface area contributed by atoms with Crippen LogP contribution >= 0.6 is 15.9 Å². The fourth-order valence-corrected chi connectivity index (χ4v) is 2.78. The zero-order chi connectivity index (χ0) is 14.5. The van der Waals surface area contributed by atoms with Crippen molar-refractivity contribution in [2.45, 2.75) is 25.3 Å². The fourth-order valence-electron chi connectivity index (χ4n) is 2.40. The maximum Gasteiger partial charge on any atom is 0.320 e. The number of amides is 1. The number of nitrogens with zero attached hydrogens (tertiary/aromatic N) is 1. The molecule has 0 spiro atoms. The number of anilines is 1. The van der Waals surface area contributed by atoms with Crippen molar-refractivity contribution in [1.29, 1.82) is 0 Å². The molecule has 6 heteroatoms. The maximum absolute atomic E-state index is 12.0. The number of para-hydroxylation sites is 1. The highest BCUT2D eigenvalue weighted by molar-refractivity contribution is 9.10. The lowest BCUT2D eigenvalue weighted by molar-refractivity contribution is -0.145. The Morgan fingerprint density at radius 2 is 2.10 bits per heavy atom. The van der Waals surface area contributed by atoms with E-state index in [0.29, 0.717) is 18.7 Å². The molecule has 1 aliphatic rings. The number of hydrogen-bond donors (Lipinski definition) is 2. The Bertz CT molecular complexity index is 507.